The zero-order valence-electron chi connectivity index (χ0n) is 8.14. The Bertz CT molecular complexity index is 697. The highest BCUT2D eigenvalue weighted by Crippen LogP contribution is 2.40. The third-order valence-electron chi connectivity index (χ3n) is 2.57. The second-order valence-electron chi connectivity index (χ2n) is 3.59. The van der Waals surface area contributed by atoms with Crippen molar-refractivity contribution in [1.29, 1.82) is 0 Å². The molecule has 4 nitrogen and oxygen atoms in total. The van der Waals surface area contributed by atoms with Crippen molar-refractivity contribution in [2.24, 2.45) is 0 Å². The van der Waals surface area contributed by atoms with E-state index in [2.05, 4.69) is 0 Å². The molecular formula is C12H8O4. The number of rotatable bonds is 0. The van der Waals surface area contributed by atoms with Crippen molar-refractivity contribution >= 4 is 21.9 Å². The van der Waals surface area contributed by atoms with Crippen LogP contribution in [0.5, 0.6) is 17.2 Å². The zero-order chi connectivity index (χ0) is 11.3. The molecule has 3 rings (SSSR count). The standard InChI is InChI=1S/C12H8O4/c13-6-1-3-9-7(5-6)11-10(16-9)4-2-8(14)12(11)15/h1-5,13-15H. The Morgan fingerprint density at radius 1 is 0.875 bits per heavy atom. The van der Waals surface area contributed by atoms with E-state index in [4.69, 9.17) is 4.42 Å². The molecule has 1 heterocycles. The number of phenols is 3. The Kier molecular flexibility index (Phi) is 1.57. The van der Waals surface area contributed by atoms with Crippen molar-refractivity contribution in [2.75, 3.05) is 0 Å². The van der Waals surface area contributed by atoms with Gasteiger partial charge in [-0.15, -0.1) is 0 Å². The summed E-state index contributed by atoms with van der Waals surface area (Å²) in [5, 5.41) is 29.5. The van der Waals surface area contributed by atoms with Gasteiger partial charge in [0, 0.05) is 5.39 Å². The highest BCUT2D eigenvalue weighted by Gasteiger charge is 2.13. The fourth-order valence-electron chi connectivity index (χ4n) is 1.83. The maximum atomic E-state index is 9.74. The first-order valence-electron chi connectivity index (χ1n) is 4.73. The molecule has 0 saturated heterocycles. The largest absolute Gasteiger partial charge is 0.508 e. The highest BCUT2D eigenvalue weighted by molar-refractivity contribution is 6.09. The minimum atomic E-state index is -0.234. The number of hydrogen-bond acceptors (Lipinski definition) is 4. The fourth-order valence-corrected chi connectivity index (χ4v) is 1.83. The molecule has 0 aliphatic carbocycles. The third-order valence-corrected chi connectivity index (χ3v) is 2.57. The van der Waals surface area contributed by atoms with Crippen molar-refractivity contribution in [3.8, 4) is 17.2 Å². The molecule has 0 aliphatic heterocycles. The molecule has 4 heteroatoms. The summed E-state index contributed by atoms with van der Waals surface area (Å²) in [6.45, 7) is 0. The van der Waals surface area contributed by atoms with Gasteiger partial charge in [-0.1, -0.05) is 0 Å². The van der Waals surface area contributed by atoms with Gasteiger partial charge in [-0.05, 0) is 30.3 Å². The van der Waals surface area contributed by atoms with Crippen LogP contribution in [0.2, 0.25) is 0 Å². The van der Waals surface area contributed by atoms with Crippen molar-refractivity contribution in [3.63, 3.8) is 0 Å². The van der Waals surface area contributed by atoms with Gasteiger partial charge in [-0.25, -0.2) is 0 Å². The normalized spacial score (nSPS) is 11.2. The topological polar surface area (TPSA) is 73.8 Å². The molecule has 0 bridgehead atoms. The summed E-state index contributed by atoms with van der Waals surface area (Å²) in [5.41, 5.74) is 1.02. The minimum absolute atomic E-state index is 0.0814. The van der Waals surface area contributed by atoms with Crippen LogP contribution in [0, 0.1) is 0 Å². The second kappa shape index (κ2) is 2.82. The maximum Gasteiger partial charge on any atom is 0.169 e. The summed E-state index contributed by atoms with van der Waals surface area (Å²) in [7, 11) is 0. The van der Waals surface area contributed by atoms with Gasteiger partial charge >= 0.3 is 0 Å². The van der Waals surface area contributed by atoms with Gasteiger partial charge in [0.2, 0.25) is 0 Å². The van der Waals surface area contributed by atoms with Crippen LogP contribution in [0.15, 0.2) is 34.7 Å². The van der Waals surface area contributed by atoms with Crippen molar-refractivity contribution in [3.05, 3.63) is 30.3 Å². The number of phenolic OH excluding ortho intramolecular Hbond substituents is 3. The van der Waals surface area contributed by atoms with Crippen LogP contribution in [0.1, 0.15) is 0 Å². The van der Waals surface area contributed by atoms with Gasteiger partial charge in [0.25, 0.3) is 0 Å². The van der Waals surface area contributed by atoms with Crippen molar-refractivity contribution < 1.29 is 19.7 Å². The first kappa shape index (κ1) is 8.91. The summed E-state index contributed by atoms with van der Waals surface area (Å²) < 4.78 is 5.46. The molecule has 3 N–H and O–H groups in total. The number of benzene rings is 2. The van der Waals surface area contributed by atoms with E-state index in [0.29, 0.717) is 21.9 Å². The molecular weight excluding hydrogens is 208 g/mol. The lowest BCUT2D eigenvalue weighted by molar-refractivity contribution is 0.408. The Morgan fingerprint density at radius 3 is 2.44 bits per heavy atom. The lowest BCUT2D eigenvalue weighted by Gasteiger charge is -1.97. The molecule has 80 valence electrons. The van der Waals surface area contributed by atoms with E-state index in [1.165, 1.54) is 18.2 Å². The van der Waals surface area contributed by atoms with Gasteiger partial charge in [0.15, 0.2) is 11.5 Å². The fraction of sp³-hybridized carbons (Fsp3) is 0. The highest BCUT2D eigenvalue weighted by atomic mass is 16.3. The lowest BCUT2D eigenvalue weighted by Crippen LogP contribution is -1.71. The van der Waals surface area contributed by atoms with E-state index in [-0.39, 0.29) is 17.2 Å². The van der Waals surface area contributed by atoms with Crippen LogP contribution in [0.3, 0.4) is 0 Å². The van der Waals surface area contributed by atoms with Gasteiger partial charge in [0.05, 0.1) is 5.39 Å². The lowest BCUT2D eigenvalue weighted by atomic mass is 10.1. The SMILES string of the molecule is Oc1ccc2oc3ccc(O)c(O)c3c2c1. The van der Waals surface area contributed by atoms with E-state index >= 15 is 0 Å². The van der Waals surface area contributed by atoms with Crippen molar-refractivity contribution in [2.45, 2.75) is 0 Å². The van der Waals surface area contributed by atoms with Gasteiger partial charge in [0.1, 0.15) is 16.9 Å². The van der Waals surface area contributed by atoms with Gasteiger partial charge in [-0.3, -0.25) is 0 Å². The summed E-state index contributed by atoms with van der Waals surface area (Å²) in [5.74, 6) is -0.363. The summed E-state index contributed by atoms with van der Waals surface area (Å²) in [6.07, 6.45) is 0. The molecule has 0 atom stereocenters. The van der Waals surface area contributed by atoms with E-state index in [1.54, 1.807) is 12.1 Å². The molecule has 0 aliphatic rings. The molecule has 1 aromatic heterocycles. The van der Waals surface area contributed by atoms with E-state index < -0.39 is 0 Å². The first-order valence-corrected chi connectivity index (χ1v) is 4.73. The predicted octanol–water partition coefficient (Wildman–Crippen LogP) is 2.70. The number of furan rings is 1. The summed E-state index contributed by atoms with van der Waals surface area (Å²) in [4.78, 5) is 0. The van der Waals surface area contributed by atoms with E-state index in [1.807, 2.05) is 0 Å². The van der Waals surface area contributed by atoms with Crippen LogP contribution in [-0.4, -0.2) is 15.3 Å². The van der Waals surface area contributed by atoms with Crippen LogP contribution < -0.4 is 0 Å². The summed E-state index contributed by atoms with van der Waals surface area (Å²) >= 11 is 0. The molecule has 3 aromatic rings. The van der Waals surface area contributed by atoms with Crippen LogP contribution in [0.25, 0.3) is 21.9 Å². The molecule has 2 aromatic carbocycles. The number of hydrogen-bond donors (Lipinski definition) is 3. The first-order chi connectivity index (χ1) is 7.66. The molecule has 0 unspecified atom stereocenters. The molecule has 0 spiro atoms. The van der Waals surface area contributed by atoms with Gasteiger partial charge in [-0.2, -0.15) is 0 Å². The molecule has 0 amide bonds. The average Bonchev–Trinajstić information content (AvgIpc) is 2.62. The molecule has 16 heavy (non-hydrogen) atoms. The van der Waals surface area contributed by atoms with Crippen molar-refractivity contribution in [1.82, 2.24) is 0 Å². The zero-order valence-corrected chi connectivity index (χ0v) is 8.14. The smallest absolute Gasteiger partial charge is 0.169 e. The number of aromatic hydroxyl groups is 3. The van der Waals surface area contributed by atoms with Crippen LogP contribution in [-0.2, 0) is 0 Å². The minimum Gasteiger partial charge on any atom is -0.508 e. The van der Waals surface area contributed by atoms with Crippen LogP contribution in [0.4, 0.5) is 0 Å². The Labute approximate surface area is 90.0 Å². The Hall–Kier alpha value is -2.36. The number of fused-ring (bicyclic) bond motifs is 3. The van der Waals surface area contributed by atoms with Gasteiger partial charge < -0.3 is 19.7 Å². The van der Waals surface area contributed by atoms with E-state index in [9.17, 15) is 15.3 Å². The van der Waals surface area contributed by atoms with E-state index in [0.717, 1.165) is 0 Å². The molecule has 0 fully saturated rings. The summed E-state index contributed by atoms with van der Waals surface area (Å²) in [6, 6.07) is 7.53. The Morgan fingerprint density at radius 2 is 1.62 bits per heavy atom. The monoisotopic (exact) mass is 216 g/mol. The Balaban J connectivity index is 2.60. The predicted molar refractivity (Wildman–Crippen MR) is 58.7 cm³/mol. The third kappa shape index (κ3) is 1.04. The maximum absolute atomic E-state index is 9.74. The average molecular weight is 216 g/mol. The second-order valence-corrected chi connectivity index (χ2v) is 3.59. The van der Waals surface area contributed by atoms with Crippen LogP contribution >= 0.6 is 0 Å². The molecule has 0 radical (unpaired) electrons. The molecule has 0 saturated carbocycles. The quantitative estimate of drug-likeness (QED) is 0.505.